The summed E-state index contributed by atoms with van der Waals surface area (Å²) in [6.45, 7) is 1.32. The number of aromatic carboxylic acids is 1. The fourth-order valence-corrected chi connectivity index (χ4v) is 3.51. The molecule has 9 heteroatoms. The number of phenols is 1. The minimum atomic E-state index is -1.34. The molecule has 0 aromatic heterocycles. The van der Waals surface area contributed by atoms with E-state index < -0.39 is 29.6 Å². The quantitative estimate of drug-likeness (QED) is 0.509. The van der Waals surface area contributed by atoms with E-state index in [4.69, 9.17) is 0 Å². The van der Waals surface area contributed by atoms with Gasteiger partial charge < -0.3 is 15.5 Å². The second-order valence-corrected chi connectivity index (χ2v) is 7.20. The molecule has 0 atom stereocenters. The molecule has 1 aliphatic heterocycles. The van der Waals surface area contributed by atoms with E-state index in [1.807, 2.05) is 31.2 Å². The molecule has 148 valence electrons. The number of carbonyl (C=O) groups excluding carboxylic acids is 3. The average Bonchev–Trinajstić information content (AvgIpc) is 2.92. The van der Waals surface area contributed by atoms with Crippen molar-refractivity contribution in [1.82, 2.24) is 4.90 Å². The van der Waals surface area contributed by atoms with Crippen molar-refractivity contribution in [3.05, 3.63) is 64.1 Å². The van der Waals surface area contributed by atoms with Crippen LogP contribution in [0, 0.1) is 6.92 Å². The number of benzene rings is 2. The van der Waals surface area contributed by atoms with Crippen LogP contribution < -0.4 is 5.32 Å². The number of carboxylic acids is 1. The molecular formula is C20H16N2O6S. The third-order valence-corrected chi connectivity index (χ3v) is 5.07. The summed E-state index contributed by atoms with van der Waals surface area (Å²) in [6, 6.07) is 10.8. The molecule has 1 heterocycles. The Morgan fingerprint density at radius 1 is 1.17 bits per heavy atom. The van der Waals surface area contributed by atoms with Gasteiger partial charge in [0.25, 0.3) is 11.1 Å². The molecule has 2 aromatic rings. The number of amides is 3. The van der Waals surface area contributed by atoms with Crippen molar-refractivity contribution < 1.29 is 29.4 Å². The molecule has 1 aliphatic rings. The maximum Gasteiger partial charge on any atom is 0.337 e. The summed E-state index contributed by atoms with van der Waals surface area (Å²) >= 11 is 0.735. The van der Waals surface area contributed by atoms with Crippen LogP contribution in [-0.4, -0.2) is 44.7 Å². The first-order chi connectivity index (χ1) is 13.8. The summed E-state index contributed by atoms with van der Waals surface area (Å²) in [6.07, 6.45) is 1.60. The molecule has 8 nitrogen and oxygen atoms in total. The van der Waals surface area contributed by atoms with Gasteiger partial charge in [0.1, 0.15) is 12.3 Å². The molecule has 0 unspecified atom stereocenters. The molecule has 29 heavy (non-hydrogen) atoms. The summed E-state index contributed by atoms with van der Waals surface area (Å²) in [5, 5.41) is 20.3. The van der Waals surface area contributed by atoms with Crippen LogP contribution in [0.1, 0.15) is 21.5 Å². The third-order valence-electron chi connectivity index (χ3n) is 4.16. The molecule has 2 aromatic carbocycles. The largest absolute Gasteiger partial charge is 0.508 e. The molecule has 0 radical (unpaired) electrons. The number of thioether (sulfide) groups is 1. The van der Waals surface area contributed by atoms with Crippen molar-refractivity contribution >= 4 is 46.5 Å². The first kappa shape index (κ1) is 20.2. The maximum absolute atomic E-state index is 12.5. The summed E-state index contributed by atoms with van der Waals surface area (Å²) in [7, 11) is 0. The van der Waals surface area contributed by atoms with E-state index in [0.717, 1.165) is 33.9 Å². The molecule has 0 saturated carbocycles. The van der Waals surface area contributed by atoms with Crippen LogP contribution in [0.3, 0.4) is 0 Å². The lowest BCUT2D eigenvalue weighted by atomic mass is 10.1. The van der Waals surface area contributed by atoms with Crippen molar-refractivity contribution in [1.29, 1.82) is 0 Å². The summed E-state index contributed by atoms with van der Waals surface area (Å²) < 4.78 is 0. The van der Waals surface area contributed by atoms with E-state index in [1.54, 1.807) is 6.08 Å². The smallest absolute Gasteiger partial charge is 0.337 e. The minimum absolute atomic E-state index is 0.0530. The lowest BCUT2D eigenvalue weighted by Gasteiger charge is -2.13. The van der Waals surface area contributed by atoms with Gasteiger partial charge in [0, 0.05) is 0 Å². The number of aromatic hydroxyl groups is 1. The number of hydrogen-bond acceptors (Lipinski definition) is 6. The van der Waals surface area contributed by atoms with E-state index in [2.05, 4.69) is 5.32 Å². The fourth-order valence-electron chi connectivity index (χ4n) is 2.68. The number of anilines is 1. The molecule has 0 aliphatic carbocycles. The first-order valence-electron chi connectivity index (χ1n) is 8.43. The second-order valence-electron chi connectivity index (χ2n) is 6.21. The topological polar surface area (TPSA) is 124 Å². The highest BCUT2D eigenvalue weighted by Crippen LogP contribution is 2.32. The van der Waals surface area contributed by atoms with Gasteiger partial charge in [-0.15, -0.1) is 0 Å². The SMILES string of the molecule is Cc1ccccc1/C=C1\SC(=O)N(CC(=O)Nc2ccc(O)cc2C(=O)O)C1=O. The highest BCUT2D eigenvalue weighted by atomic mass is 32.2. The van der Waals surface area contributed by atoms with Gasteiger partial charge in [-0.3, -0.25) is 19.3 Å². The van der Waals surface area contributed by atoms with Crippen LogP contribution in [0.4, 0.5) is 10.5 Å². The number of imide groups is 1. The molecule has 0 bridgehead atoms. The Hall–Kier alpha value is -3.59. The number of aryl methyl sites for hydroxylation is 1. The Labute approximate surface area is 169 Å². The number of nitrogens with one attached hydrogen (secondary N) is 1. The zero-order valence-corrected chi connectivity index (χ0v) is 16.0. The van der Waals surface area contributed by atoms with Crippen LogP contribution >= 0.6 is 11.8 Å². The van der Waals surface area contributed by atoms with Crippen LogP contribution in [0.15, 0.2) is 47.4 Å². The van der Waals surface area contributed by atoms with Gasteiger partial charge in [0.15, 0.2) is 0 Å². The number of hydrogen-bond donors (Lipinski definition) is 3. The standard InChI is InChI=1S/C20H16N2O6S/c1-11-4-2-3-5-12(11)8-16-18(25)22(20(28)29-16)10-17(24)21-15-7-6-13(23)9-14(15)19(26)27/h2-9,23H,10H2,1H3,(H,21,24)(H,26,27)/b16-8-. The number of nitrogens with zero attached hydrogens (tertiary/aromatic N) is 1. The van der Waals surface area contributed by atoms with Gasteiger partial charge in [0.2, 0.25) is 5.91 Å². The summed E-state index contributed by atoms with van der Waals surface area (Å²) in [4.78, 5) is 49.3. The Morgan fingerprint density at radius 3 is 2.59 bits per heavy atom. The molecular weight excluding hydrogens is 396 g/mol. The first-order valence-corrected chi connectivity index (χ1v) is 9.25. The Balaban J connectivity index is 1.75. The average molecular weight is 412 g/mol. The van der Waals surface area contributed by atoms with Crippen molar-refractivity contribution in [2.75, 3.05) is 11.9 Å². The van der Waals surface area contributed by atoms with E-state index in [9.17, 15) is 29.4 Å². The van der Waals surface area contributed by atoms with Crippen molar-refractivity contribution in [2.24, 2.45) is 0 Å². The molecule has 1 saturated heterocycles. The highest BCUT2D eigenvalue weighted by Gasteiger charge is 2.36. The molecule has 3 rings (SSSR count). The van der Waals surface area contributed by atoms with Crippen LogP contribution in [0.5, 0.6) is 5.75 Å². The molecule has 1 fully saturated rings. The number of carbonyl (C=O) groups is 4. The van der Waals surface area contributed by atoms with Crippen molar-refractivity contribution in [2.45, 2.75) is 6.92 Å². The van der Waals surface area contributed by atoms with E-state index in [0.29, 0.717) is 0 Å². The predicted octanol–water partition coefficient (Wildman–Crippen LogP) is 3.07. The van der Waals surface area contributed by atoms with Gasteiger partial charge in [-0.05, 0) is 54.1 Å². The molecule has 3 amide bonds. The van der Waals surface area contributed by atoms with Crippen LogP contribution in [0.2, 0.25) is 0 Å². The monoisotopic (exact) mass is 412 g/mol. The fraction of sp³-hybridized carbons (Fsp3) is 0.100. The predicted molar refractivity (Wildman–Crippen MR) is 108 cm³/mol. The summed E-state index contributed by atoms with van der Waals surface area (Å²) in [5.74, 6) is -2.95. The maximum atomic E-state index is 12.5. The van der Waals surface area contributed by atoms with E-state index in [-0.39, 0.29) is 21.9 Å². The highest BCUT2D eigenvalue weighted by molar-refractivity contribution is 8.18. The normalized spacial score (nSPS) is 15.1. The summed E-state index contributed by atoms with van der Waals surface area (Å²) in [5.41, 5.74) is 1.36. The van der Waals surface area contributed by atoms with Crippen molar-refractivity contribution in [3.63, 3.8) is 0 Å². The third kappa shape index (κ3) is 4.46. The van der Waals surface area contributed by atoms with Crippen molar-refractivity contribution in [3.8, 4) is 5.75 Å². The van der Waals surface area contributed by atoms with E-state index >= 15 is 0 Å². The van der Waals surface area contributed by atoms with Gasteiger partial charge in [0.05, 0.1) is 16.2 Å². The second kappa shape index (κ2) is 8.19. The van der Waals surface area contributed by atoms with Gasteiger partial charge in [-0.25, -0.2) is 4.79 Å². The lowest BCUT2D eigenvalue weighted by Crippen LogP contribution is -2.36. The zero-order chi connectivity index (χ0) is 21.1. The zero-order valence-electron chi connectivity index (χ0n) is 15.2. The van der Waals surface area contributed by atoms with Gasteiger partial charge in [-0.2, -0.15) is 0 Å². The lowest BCUT2D eigenvalue weighted by molar-refractivity contribution is -0.127. The van der Waals surface area contributed by atoms with Gasteiger partial charge >= 0.3 is 5.97 Å². The van der Waals surface area contributed by atoms with E-state index in [1.165, 1.54) is 12.1 Å². The Morgan fingerprint density at radius 2 is 1.90 bits per heavy atom. The molecule has 3 N–H and O–H groups in total. The minimum Gasteiger partial charge on any atom is -0.508 e. The van der Waals surface area contributed by atoms with Gasteiger partial charge in [-0.1, -0.05) is 24.3 Å². The Bertz CT molecular complexity index is 1060. The molecule has 0 spiro atoms. The Kier molecular flexibility index (Phi) is 5.69. The van der Waals surface area contributed by atoms with Crippen LogP contribution in [0.25, 0.3) is 6.08 Å². The number of rotatable bonds is 5. The number of carboxylic acid groups (broad SMARTS) is 1. The number of phenolic OH excluding ortho intramolecular Hbond substituents is 1. The van der Waals surface area contributed by atoms with Crippen LogP contribution in [-0.2, 0) is 9.59 Å².